The van der Waals surface area contributed by atoms with E-state index in [0.717, 1.165) is 28.1 Å². The van der Waals surface area contributed by atoms with Crippen LogP contribution in [-0.2, 0) is 0 Å². The average Bonchev–Trinajstić information content (AvgIpc) is 2.89. The number of aromatic nitrogens is 3. The first-order chi connectivity index (χ1) is 8.83. The van der Waals surface area contributed by atoms with Gasteiger partial charge in [-0.1, -0.05) is 30.3 Å². The van der Waals surface area contributed by atoms with Gasteiger partial charge in [0, 0.05) is 18.0 Å². The average molecular weight is 235 g/mol. The predicted molar refractivity (Wildman–Crippen MR) is 72.0 cm³/mol. The summed E-state index contributed by atoms with van der Waals surface area (Å²) in [6.45, 7) is 2.03. The summed E-state index contributed by atoms with van der Waals surface area (Å²) in [6.07, 6.45) is 3.67. The molecule has 2 heterocycles. The van der Waals surface area contributed by atoms with Crippen LogP contribution in [0.3, 0.4) is 0 Å². The minimum atomic E-state index is 0.921. The zero-order chi connectivity index (χ0) is 12.4. The number of benzene rings is 1. The van der Waals surface area contributed by atoms with Gasteiger partial charge in [-0.15, -0.1) is 0 Å². The minimum absolute atomic E-state index is 0.921. The lowest BCUT2D eigenvalue weighted by molar-refractivity contribution is 1.10. The van der Waals surface area contributed by atoms with Gasteiger partial charge in [0.1, 0.15) is 0 Å². The van der Waals surface area contributed by atoms with E-state index in [1.807, 2.05) is 43.6 Å². The van der Waals surface area contributed by atoms with E-state index in [2.05, 4.69) is 33.4 Å². The second kappa shape index (κ2) is 4.45. The molecule has 3 aromatic rings. The number of aromatic amines is 1. The molecule has 2 aromatic heterocycles. The van der Waals surface area contributed by atoms with E-state index in [1.165, 1.54) is 0 Å². The van der Waals surface area contributed by atoms with Crippen molar-refractivity contribution in [3.05, 3.63) is 60.4 Å². The number of aryl methyl sites for hydroxylation is 1. The highest BCUT2D eigenvalue weighted by atomic mass is 15.1. The number of nitrogens with zero attached hydrogens (tertiary/aromatic N) is 2. The van der Waals surface area contributed by atoms with E-state index in [4.69, 9.17) is 0 Å². The molecule has 0 bridgehead atoms. The Labute approximate surface area is 106 Å². The molecule has 0 fully saturated rings. The lowest BCUT2D eigenvalue weighted by atomic mass is 10.1. The highest BCUT2D eigenvalue weighted by Gasteiger charge is 2.05. The van der Waals surface area contributed by atoms with Gasteiger partial charge in [0.05, 0.1) is 11.4 Å². The Kier molecular flexibility index (Phi) is 2.65. The molecule has 0 saturated heterocycles. The molecule has 0 atom stereocenters. The van der Waals surface area contributed by atoms with E-state index in [0.29, 0.717) is 0 Å². The fourth-order valence-electron chi connectivity index (χ4n) is 1.93. The quantitative estimate of drug-likeness (QED) is 0.739. The molecular formula is C15H13N3. The van der Waals surface area contributed by atoms with E-state index < -0.39 is 0 Å². The highest BCUT2D eigenvalue weighted by Crippen LogP contribution is 2.23. The van der Waals surface area contributed by atoms with Crippen LogP contribution in [-0.4, -0.2) is 15.2 Å². The van der Waals surface area contributed by atoms with Gasteiger partial charge in [0.25, 0.3) is 0 Å². The van der Waals surface area contributed by atoms with Crippen molar-refractivity contribution in [3.8, 4) is 22.5 Å². The number of nitrogens with one attached hydrogen (secondary N) is 1. The second-order valence-corrected chi connectivity index (χ2v) is 4.28. The summed E-state index contributed by atoms with van der Waals surface area (Å²) < 4.78 is 0. The standard InChI is InChI=1S/C15H13N3/c1-11-7-13(10-16-9-11)15-8-14(17-18-15)12-5-3-2-4-6-12/h2-10H,1H3,(H,17,18). The van der Waals surface area contributed by atoms with Crippen LogP contribution in [0.1, 0.15) is 5.56 Å². The van der Waals surface area contributed by atoms with Gasteiger partial charge < -0.3 is 0 Å². The van der Waals surface area contributed by atoms with Crippen molar-refractivity contribution >= 4 is 0 Å². The molecule has 0 aliphatic heterocycles. The van der Waals surface area contributed by atoms with Gasteiger partial charge in [-0.2, -0.15) is 5.10 Å². The van der Waals surface area contributed by atoms with Crippen molar-refractivity contribution in [2.45, 2.75) is 6.92 Å². The van der Waals surface area contributed by atoms with Crippen LogP contribution in [0, 0.1) is 6.92 Å². The smallest absolute Gasteiger partial charge is 0.0942 e. The molecule has 0 radical (unpaired) electrons. The van der Waals surface area contributed by atoms with Crippen LogP contribution in [0.25, 0.3) is 22.5 Å². The predicted octanol–water partition coefficient (Wildman–Crippen LogP) is 3.45. The third-order valence-electron chi connectivity index (χ3n) is 2.83. The fourth-order valence-corrected chi connectivity index (χ4v) is 1.93. The van der Waals surface area contributed by atoms with Crippen molar-refractivity contribution in [1.82, 2.24) is 15.2 Å². The van der Waals surface area contributed by atoms with Crippen LogP contribution < -0.4 is 0 Å². The van der Waals surface area contributed by atoms with E-state index in [-0.39, 0.29) is 0 Å². The number of pyridine rings is 1. The zero-order valence-electron chi connectivity index (χ0n) is 10.1. The van der Waals surface area contributed by atoms with Gasteiger partial charge in [-0.05, 0) is 30.2 Å². The Morgan fingerprint density at radius 2 is 1.78 bits per heavy atom. The van der Waals surface area contributed by atoms with Gasteiger partial charge in [0.2, 0.25) is 0 Å². The minimum Gasteiger partial charge on any atom is -0.277 e. The summed E-state index contributed by atoms with van der Waals surface area (Å²) in [5.41, 5.74) is 5.25. The maximum absolute atomic E-state index is 4.34. The zero-order valence-corrected chi connectivity index (χ0v) is 10.1. The molecule has 3 heteroatoms. The van der Waals surface area contributed by atoms with Crippen LogP contribution in [0.4, 0.5) is 0 Å². The lowest BCUT2D eigenvalue weighted by Gasteiger charge is -1.96. The Morgan fingerprint density at radius 3 is 2.56 bits per heavy atom. The summed E-state index contributed by atoms with van der Waals surface area (Å²) in [5, 5.41) is 7.40. The Morgan fingerprint density at radius 1 is 0.944 bits per heavy atom. The number of rotatable bonds is 2. The normalized spacial score (nSPS) is 10.5. The molecule has 0 aliphatic carbocycles. The molecule has 18 heavy (non-hydrogen) atoms. The van der Waals surface area contributed by atoms with Crippen molar-refractivity contribution in [3.63, 3.8) is 0 Å². The van der Waals surface area contributed by atoms with Crippen LogP contribution in [0.15, 0.2) is 54.9 Å². The molecule has 1 N–H and O–H groups in total. The van der Waals surface area contributed by atoms with Gasteiger partial charge in [-0.3, -0.25) is 10.1 Å². The van der Waals surface area contributed by atoms with Crippen molar-refractivity contribution < 1.29 is 0 Å². The summed E-state index contributed by atoms with van der Waals surface area (Å²) in [7, 11) is 0. The number of hydrogen-bond donors (Lipinski definition) is 1. The number of H-pyrrole nitrogens is 1. The second-order valence-electron chi connectivity index (χ2n) is 4.28. The third-order valence-corrected chi connectivity index (χ3v) is 2.83. The summed E-state index contributed by atoms with van der Waals surface area (Å²) in [4.78, 5) is 4.19. The molecule has 88 valence electrons. The lowest BCUT2D eigenvalue weighted by Crippen LogP contribution is -1.81. The van der Waals surface area contributed by atoms with Crippen molar-refractivity contribution in [2.24, 2.45) is 0 Å². The van der Waals surface area contributed by atoms with Crippen LogP contribution in [0.5, 0.6) is 0 Å². The Hall–Kier alpha value is -2.42. The molecule has 1 aromatic carbocycles. The Bertz CT molecular complexity index is 656. The molecule has 0 unspecified atom stereocenters. The molecule has 3 rings (SSSR count). The molecule has 0 spiro atoms. The Balaban J connectivity index is 2.00. The fraction of sp³-hybridized carbons (Fsp3) is 0.0667. The van der Waals surface area contributed by atoms with E-state index >= 15 is 0 Å². The topological polar surface area (TPSA) is 41.6 Å². The van der Waals surface area contributed by atoms with E-state index in [1.54, 1.807) is 0 Å². The molecular weight excluding hydrogens is 222 g/mol. The van der Waals surface area contributed by atoms with Gasteiger partial charge in [0.15, 0.2) is 0 Å². The van der Waals surface area contributed by atoms with Gasteiger partial charge >= 0.3 is 0 Å². The molecule has 3 nitrogen and oxygen atoms in total. The number of hydrogen-bond acceptors (Lipinski definition) is 2. The summed E-state index contributed by atoms with van der Waals surface area (Å²) >= 11 is 0. The van der Waals surface area contributed by atoms with Crippen LogP contribution >= 0.6 is 0 Å². The maximum Gasteiger partial charge on any atom is 0.0942 e. The first kappa shape index (κ1) is 10.7. The third kappa shape index (κ3) is 2.02. The maximum atomic E-state index is 4.34. The van der Waals surface area contributed by atoms with Crippen molar-refractivity contribution in [2.75, 3.05) is 0 Å². The monoisotopic (exact) mass is 235 g/mol. The van der Waals surface area contributed by atoms with Gasteiger partial charge in [-0.25, -0.2) is 0 Å². The first-order valence-corrected chi connectivity index (χ1v) is 5.86. The molecule has 0 amide bonds. The first-order valence-electron chi connectivity index (χ1n) is 5.86. The van der Waals surface area contributed by atoms with E-state index in [9.17, 15) is 0 Å². The molecule has 0 saturated carbocycles. The highest BCUT2D eigenvalue weighted by molar-refractivity contribution is 5.67. The summed E-state index contributed by atoms with van der Waals surface area (Å²) in [6, 6.07) is 14.3. The summed E-state index contributed by atoms with van der Waals surface area (Å²) in [5.74, 6) is 0. The molecule has 0 aliphatic rings. The largest absolute Gasteiger partial charge is 0.277 e. The van der Waals surface area contributed by atoms with Crippen LogP contribution in [0.2, 0.25) is 0 Å². The SMILES string of the molecule is Cc1cncc(-c2cc(-c3ccccc3)[nH]n2)c1. The van der Waals surface area contributed by atoms with Crippen molar-refractivity contribution in [1.29, 1.82) is 0 Å².